The second-order valence-corrected chi connectivity index (χ2v) is 6.98. The Balaban J connectivity index is 1.51. The molecular formula is C21H29N2O2+. The maximum atomic E-state index is 5.96. The van der Waals surface area contributed by atoms with Crippen molar-refractivity contribution in [3.63, 3.8) is 0 Å². The molecule has 0 saturated carbocycles. The number of piperidine rings is 1. The van der Waals surface area contributed by atoms with Crippen LogP contribution in [0, 0.1) is 0 Å². The number of nitrogens with zero attached hydrogens (tertiary/aromatic N) is 1. The Morgan fingerprint density at radius 3 is 2.64 bits per heavy atom. The first-order chi connectivity index (χ1) is 12.2. The Morgan fingerprint density at radius 1 is 1.12 bits per heavy atom. The van der Waals surface area contributed by atoms with Crippen LogP contribution in [0.1, 0.15) is 44.7 Å². The van der Waals surface area contributed by atoms with Crippen LogP contribution in [0.5, 0.6) is 11.5 Å². The van der Waals surface area contributed by atoms with Gasteiger partial charge >= 0.3 is 0 Å². The first-order valence-electron chi connectivity index (χ1n) is 9.36. The predicted molar refractivity (Wildman–Crippen MR) is 99.2 cm³/mol. The van der Waals surface area contributed by atoms with Gasteiger partial charge in [0.15, 0.2) is 0 Å². The molecule has 1 aromatic heterocycles. The number of benzene rings is 1. The summed E-state index contributed by atoms with van der Waals surface area (Å²) in [5.74, 6) is 1.80. The third-order valence-corrected chi connectivity index (χ3v) is 4.71. The van der Waals surface area contributed by atoms with Crippen LogP contribution in [-0.4, -0.2) is 30.8 Å². The lowest BCUT2D eigenvalue weighted by atomic mass is 9.96. The van der Waals surface area contributed by atoms with E-state index in [1.807, 2.05) is 56.6 Å². The van der Waals surface area contributed by atoms with E-state index in [9.17, 15) is 0 Å². The Kier molecular flexibility index (Phi) is 6.29. The van der Waals surface area contributed by atoms with Gasteiger partial charge in [-0.05, 0) is 57.0 Å². The van der Waals surface area contributed by atoms with E-state index in [1.54, 1.807) is 4.90 Å². The van der Waals surface area contributed by atoms with Gasteiger partial charge in [0.25, 0.3) is 0 Å². The zero-order valence-electron chi connectivity index (χ0n) is 15.3. The van der Waals surface area contributed by atoms with E-state index < -0.39 is 0 Å². The molecule has 0 amide bonds. The topological polar surface area (TPSA) is 35.8 Å². The van der Waals surface area contributed by atoms with Crippen molar-refractivity contribution >= 4 is 0 Å². The van der Waals surface area contributed by atoms with Gasteiger partial charge in [-0.3, -0.25) is 4.98 Å². The van der Waals surface area contributed by atoms with Gasteiger partial charge in [-0.2, -0.15) is 0 Å². The third kappa shape index (κ3) is 5.20. The summed E-state index contributed by atoms with van der Waals surface area (Å²) in [4.78, 5) is 5.90. The molecule has 1 unspecified atom stereocenters. The molecule has 0 spiro atoms. The second kappa shape index (κ2) is 8.86. The number of likely N-dealkylation sites (tertiary alicyclic amines) is 1. The van der Waals surface area contributed by atoms with Crippen molar-refractivity contribution < 1.29 is 14.4 Å². The molecule has 1 fully saturated rings. The highest BCUT2D eigenvalue weighted by molar-refractivity contribution is 5.31. The number of hydrogen-bond acceptors (Lipinski definition) is 3. The molecule has 4 heteroatoms. The number of ether oxygens (including phenoxy) is 2. The van der Waals surface area contributed by atoms with Crippen molar-refractivity contribution in [3.05, 3.63) is 54.4 Å². The third-order valence-electron chi connectivity index (χ3n) is 4.71. The van der Waals surface area contributed by atoms with Crippen molar-refractivity contribution in [3.8, 4) is 11.5 Å². The number of nitrogens with one attached hydrogen (secondary N) is 1. The van der Waals surface area contributed by atoms with E-state index in [-0.39, 0.29) is 6.10 Å². The largest absolute Gasteiger partial charge is 0.491 e. The van der Waals surface area contributed by atoms with Crippen LogP contribution in [0.4, 0.5) is 0 Å². The molecule has 1 aliphatic rings. The van der Waals surface area contributed by atoms with E-state index in [4.69, 9.17) is 9.47 Å². The Hall–Kier alpha value is -2.07. The van der Waals surface area contributed by atoms with Crippen LogP contribution in [-0.2, 0) is 0 Å². The van der Waals surface area contributed by atoms with Gasteiger partial charge in [0.1, 0.15) is 30.7 Å². The van der Waals surface area contributed by atoms with Crippen molar-refractivity contribution in [2.75, 3.05) is 19.7 Å². The fourth-order valence-electron chi connectivity index (χ4n) is 3.55. The lowest BCUT2D eigenvalue weighted by molar-refractivity contribution is -0.937. The SMILES string of the molecule is CC(C)Oc1ccc(OCC[NH+]2CCCC[C@@H]2c2cccnc2)cc1. The fraction of sp³-hybridized carbons (Fsp3) is 0.476. The standard InChI is InChI=1S/C21H28N2O2/c1-17(2)25-20-10-8-19(9-11-20)24-15-14-23-13-4-3-7-21(23)18-6-5-12-22-16-18/h5-6,8-12,16-17,21H,3-4,7,13-15H2,1-2H3/p+1/t21-/m1/s1. The summed E-state index contributed by atoms with van der Waals surface area (Å²) in [6.07, 6.45) is 7.90. The average Bonchev–Trinajstić information content (AvgIpc) is 2.64. The average molecular weight is 341 g/mol. The van der Waals surface area contributed by atoms with E-state index in [0.717, 1.165) is 24.7 Å². The van der Waals surface area contributed by atoms with Gasteiger partial charge in [-0.25, -0.2) is 0 Å². The quantitative estimate of drug-likeness (QED) is 0.841. The van der Waals surface area contributed by atoms with Gasteiger partial charge in [0.05, 0.1) is 12.6 Å². The molecule has 1 N–H and O–H groups in total. The number of pyridine rings is 1. The summed E-state index contributed by atoms with van der Waals surface area (Å²) in [6.45, 7) is 7.03. The van der Waals surface area contributed by atoms with Crippen molar-refractivity contribution in [1.82, 2.24) is 4.98 Å². The molecule has 1 saturated heterocycles. The molecule has 0 bridgehead atoms. The van der Waals surface area contributed by atoms with Gasteiger partial charge in [0.2, 0.25) is 0 Å². The summed E-state index contributed by atoms with van der Waals surface area (Å²) in [5.41, 5.74) is 1.35. The van der Waals surface area contributed by atoms with Crippen LogP contribution in [0.2, 0.25) is 0 Å². The van der Waals surface area contributed by atoms with E-state index in [0.29, 0.717) is 6.04 Å². The molecule has 0 radical (unpaired) electrons. The maximum Gasteiger partial charge on any atom is 0.137 e. The zero-order valence-corrected chi connectivity index (χ0v) is 15.3. The van der Waals surface area contributed by atoms with Crippen LogP contribution in [0.3, 0.4) is 0 Å². The minimum absolute atomic E-state index is 0.193. The number of hydrogen-bond donors (Lipinski definition) is 1. The zero-order chi connectivity index (χ0) is 17.5. The lowest BCUT2D eigenvalue weighted by Crippen LogP contribution is -3.13. The molecule has 25 heavy (non-hydrogen) atoms. The Bertz CT molecular complexity index is 628. The van der Waals surface area contributed by atoms with Crippen molar-refractivity contribution in [2.45, 2.75) is 45.3 Å². The summed E-state index contributed by atoms with van der Waals surface area (Å²) in [5, 5.41) is 0. The monoisotopic (exact) mass is 341 g/mol. The van der Waals surface area contributed by atoms with Gasteiger partial charge in [-0.15, -0.1) is 0 Å². The van der Waals surface area contributed by atoms with Crippen LogP contribution in [0.25, 0.3) is 0 Å². The Morgan fingerprint density at radius 2 is 1.92 bits per heavy atom. The summed E-state index contributed by atoms with van der Waals surface area (Å²) in [7, 11) is 0. The first kappa shape index (κ1) is 17.7. The van der Waals surface area contributed by atoms with Gasteiger partial charge in [-0.1, -0.05) is 6.07 Å². The minimum atomic E-state index is 0.193. The van der Waals surface area contributed by atoms with Crippen LogP contribution in [0.15, 0.2) is 48.8 Å². The molecule has 4 nitrogen and oxygen atoms in total. The molecule has 0 aliphatic carbocycles. The molecular weight excluding hydrogens is 312 g/mol. The smallest absolute Gasteiger partial charge is 0.137 e. The lowest BCUT2D eigenvalue weighted by Gasteiger charge is -2.32. The van der Waals surface area contributed by atoms with Crippen LogP contribution >= 0.6 is 0 Å². The molecule has 1 aromatic carbocycles. The van der Waals surface area contributed by atoms with Gasteiger partial charge < -0.3 is 14.4 Å². The number of rotatable bonds is 7. The maximum absolute atomic E-state index is 5.96. The molecule has 2 atom stereocenters. The minimum Gasteiger partial charge on any atom is -0.491 e. The number of aromatic nitrogens is 1. The molecule has 2 aromatic rings. The fourth-order valence-corrected chi connectivity index (χ4v) is 3.55. The summed E-state index contributed by atoms with van der Waals surface area (Å²) >= 11 is 0. The molecule has 2 heterocycles. The predicted octanol–water partition coefficient (Wildman–Crippen LogP) is 3.06. The second-order valence-electron chi connectivity index (χ2n) is 6.98. The van der Waals surface area contributed by atoms with Crippen molar-refractivity contribution in [1.29, 1.82) is 0 Å². The van der Waals surface area contributed by atoms with Crippen LogP contribution < -0.4 is 14.4 Å². The number of quaternary nitrogens is 1. The highest BCUT2D eigenvalue weighted by atomic mass is 16.5. The van der Waals surface area contributed by atoms with E-state index in [2.05, 4.69) is 11.1 Å². The molecule has 3 rings (SSSR count). The molecule has 134 valence electrons. The highest BCUT2D eigenvalue weighted by Crippen LogP contribution is 2.19. The normalized spacial score (nSPS) is 20.4. The summed E-state index contributed by atoms with van der Waals surface area (Å²) in [6, 6.07) is 12.7. The highest BCUT2D eigenvalue weighted by Gasteiger charge is 2.27. The van der Waals surface area contributed by atoms with E-state index in [1.165, 1.54) is 31.4 Å². The van der Waals surface area contributed by atoms with Crippen molar-refractivity contribution in [2.24, 2.45) is 0 Å². The van der Waals surface area contributed by atoms with E-state index >= 15 is 0 Å². The summed E-state index contributed by atoms with van der Waals surface area (Å²) < 4.78 is 11.6. The Labute approximate surface area is 150 Å². The van der Waals surface area contributed by atoms with Gasteiger partial charge in [0, 0.05) is 24.4 Å². The molecule has 1 aliphatic heterocycles. The first-order valence-corrected chi connectivity index (χ1v) is 9.36.